The van der Waals surface area contributed by atoms with Gasteiger partial charge in [0, 0.05) is 21.5 Å². The van der Waals surface area contributed by atoms with Crippen molar-refractivity contribution in [2.75, 3.05) is 16.4 Å². The van der Waals surface area contributed by atoms with E-state index in [2.05, 4.69) is 41.7 Å². The molecule has 0 aliphatic carbocycles. The molecule has 4 aromatic rings. The number of hydrogen-bond donors (Lipinski definition) is 4. The fraction of sp³-hybridized carbons (Fsp3) is 0.0556. The summed E-state index contributed by atoms with van der Waals surface area (Å²) in [4.78, 5) is 16.4. The van der Waals surface area contributed by atoms with E-state index in [0.717, 1.165) is 17.8 Å². The van der Waals surface area contributed by atoms with Crippen molar-refractivity contribution in [1.82, 2.24) is 19.7 Å². The third kappa shape index (κ3) is 3.94. The largest absolute Gasteiger partial charge is 0.416 e. The smallest absolute Gasteiger partial charge is 0.382 e. The molecule has 30 heavy (non-hydrogen) atoms. The first-order valence-electron chi connectivity index (χ1n) is 8.44. The number of rotatable bonds is 3. The minimum absolute atomic E-state index is 0.00255. The zero-order chi connectivity index (χ0) is 21.5. The molecule has 0 saturated carbocycles. The Labute approximate surface area is 175 Å². The summed E-state index contributed by atoms with van der Waals surface area (Å²) < 4.78 is 40.7. The van der Waals surface area contributed by atoms with Crippen LogP contribution in [0.5, 0.6) is 0 Å². The molecule has 2 aromatic carbocycles. The number of urea groups is 1. The van der Waals surface area contributed by atoms with Crippen LogP contribution >= 0.6 is 15.9 Å². The van der Waals surface area contributed by atoms with Crippen molar-refractivity contribution in [3.05, 3.63) is 58.8 Å². The molecule has 2 amide bonds. The first-order valence-corrected chi connectivity index (χ1v) is 9.23. The number of nitrogen functional groups attached to an aromatic ring is 1. The van der Waals surface area contributed by atoms with Gasteiger partial charge in [0.2, 0.25) is 0 Å². The molecule has 0 aliphatic rings. The lowest BCUT2D eigenvalue weighted by atomic mass is 10.2. The van der Waals surface area contributed by atoms with Crippen LogP contribution in [0.25, 0.3) is 16.9 Å². The molecular weight excluding hydrogens is 467 g/mol. The van der Waals surface area contributed by atoms with E-state index < -0.39 is 17.8 Å². The Balaban J connectivity index is 1.47. The van der Waals surface area contributed by atoms with Gasteiger partial charge in [-0.3, -0.25) is 9.67 Å². The van der Waals surface area contributed by atoms with E-state index in [4.69, 9.17) is 5.73 Å². The standard InChI is InChI=1S/C18H13BrF3N7O/c19-10-5-9(18(20,21)22)6-12(7-10)26-17(30)25-11-1-3-13(4-2-11)29-8-24-14-15(23)27-28-16(14)29/h1-8H,(H3,23,27,28)(H2,25,26,30). The van der Waals surface area contributed by atoms with Crippen molar-refractivity contribution >= 4 is 50.3 Å². The van der Waals surface area contributed by atoms with Crippen LogP contribution in [-0.4, -0.2) is 25.8 Å². The quantitative estimate of drug-likeness (QED) is 0.339. The van der Waals surface area contributed by atoms with E-state index >= 15 is 0 Å². The average molecular weight is 480 g/mol. The van der Waals surface area contributed by atoms with Crippen molar-refractivity contribution in [2.45, 2.75) is 6.18 Å². The second-order valence-corrected chi connectivity index (χ2v) is 7.19. The van der Waals surface area contributed by atoms with Gasteiger partial charge in [0.15, 0.2) is 11.2 Å². The molecule has 0 bridgehead atoms. The summed E-state index contributed by atoms with van der Waals surface area (Å²) in [5.41, 5.74) is 7.15. The van der Waals surface area contributed by atoms with E-state index in [1.54, 1.807) is 35.2 Å². The number of aromatic nitrogens is 4. The minimum atomic E-state index is -4.52. The molecule has 0 spiro atoms. The maximum Gasteiger partial charge on any atom is 0.416 e. The summed E-state index contributed by atoms with van der Waals surface area (Å²) in [7, 11) is 0. The van der Waals surface area contributed by atoms with E-state index in [1.165, 1.54) is 6.07 Å². The lowest BCUT2D eigenvalue weighted by Gasteiger charge is -2.12. The SMILES string of the molecule is Nc1[nH]nc2c1ncn2-c1ccc(NC(=O)Nc2cc(Br)cc(C(F)(F)F)c2)cc1. The molecule has 0 atom stereocenters. The van der Waals surface area contributed by atoms with Crippen LogP contribution in [0.3, 0.4) is 0 Å². The molecule has 8 nitrogen and oxygen atoms in total. The van der Waals surface area contributed by atoms with E-state index in [-0.39, 0.29) is 10.2 Å². The summed E-state index contributed by atoms with van der Waals surface area (Å²) in [6, 6.07) is 9.20. The Kier molecular flexibility index (Phi) is 4.86. The molecule has 4 rings (SSSR count). The summed E-state index contributed by atoms with van der Waals surface area (Å²) in [6.45, 7) is 0. The summed E-state index contributed by atoms with van der Waals surface area (Å²) in [5, 5.41) is 11.7. The van der Waals surface area contributed by atoms with Crippen LogP contribution in [-0.2, 0) is 6.18 Å². The maximum absolute atomic E-state index is 12.9. The molecule has 5 N–H and O–H groups in total. The maximum atomic E-state index is 12.9. The topological polar surface area (TPSA) is 114 Å². The number of imidazole rings is 1. The van der Waals surface area contributed by atoms with Gasteiger partial charge in [-0.25, -0.2) is 9.78 Å². The molecule has 12 heteroatoms. The number of benzene rings is 2. The van der Waals surface area contributed by atoms with Crippen molar-refractivity contribution in [2.24, 2.45) is 0 Å². The monoisotopic (exact) mass is 479 g/mol. The van der Waals surface area contributed by atoms with Crippen molar-refractivity contribution in [1.29, 1.82) is 0 Å². The number of aromatic amines is 1. The van der Waals surface area contributed by atoms with Crippen LogP contribution < -0.4 is 16.4 Å². The van der Waals surface area contributed by atoms with Gasteiger partial charge in [-0.15, -0.1) is 0 Å². The number of anilines is 3. The Morgan fingerprint density at radius 2 is 1.80 bits per heavy atom. The molecule has 0 saturated heterocycles. The van der Waals surface area contributed by atoms with Crippen LogP contribution in [0.15, 0.2) is 53.3 Å². The molecule has 2 aromatic heterocycles. The van der Waals surface area contributed by atoms with Crippen LogP contribution in [0, 0.1) is 0 Å². The average Bonchev–Trinajstić information content (AvgIpc) is 3.24. The molecule has 0 aliphatic heterocycles. The molecule has 0 unspecified atom stereocenters. The predicted octanol–water partition coefficient (Wildman–Crippen LogP) is 4.76. The van der Waals surface area contributed by atoms with Crippen molar-refractivity contribution < 1.29 is 18.0 Å². The van der Waals surface area contributed by atoms with Crippen molar-refractivity contribution in [3.63, 3.8) is 0 Å². The molecule has 0 fully saturated rings. The highest BCUT2D eigenvalue weighted by molar-refractivity contribution is 9.10. The third-order valence-electron chi connectivity index (χ3n) is 4.17. The molecule has 0 radical (unpaired) electrons. The number of nitrogens with one attached hydrogen (secondary N) is 3. The number of amides is 2. The summed E-state index contributed by atoms with van der Waals surface area (Å²) in [6.07, 6.45) is -2.95. The Morgan fingerprint density at radius 1 is 1.10 bits per heavy atom. The highest BCUT2D eigenvalue weighted by Gasteiger charge is 2.31. The number of hydrogen-bond acceptors (Lipinski definition) is 4. The van der Waals surface area contributed by atoms with Gasteiger partial charge < -0.3 is 16.4 Å². The predicted molar refractivity (Wildman–Crippen MR) is 109 cm³/mol. The van der Waals surface area contributed by atoms with Crippen molar-refractivity contribution in [3.8, 4) is 5.69 Å². The van der Waals surface area contributed by atoms with Gasteiger partial charge in [-0.2, -0.15) is 18.3 Å². The van der Waals surface area contributed by atoms with Gasteiger partial charge in [0.1, 0.15) is 12.1 Å². The summed E-state index contributed by atoms with van der Waals surface area (Å²) in [5.74, 6) is 0.361. The lowest BCUT2D eigenvalue weighted by molar-refractivity contribution is -0.137. The second kappa shape index (κ2) is 7.37. The Morgan fingerprint density at radius 3 is 2.50 bits per heavy atom. The lowest BCUT2D eigenvalue weighted by Crippen LogP contribution is -2.20. The normalized spacial score (nSPS) is 11.6. The second-order valence-electron chi connectivity index (χ2n) is 6.28. The van der Waals surface area contributed by atoms with E-state index in [0.29, 0.717) is 22.7 Å². The van der Waals surface area contributed by atoms with E-state index in [1.807, 2.05) is 0 Å². The Hall–Kier alpha value is -3.54. The number of carbonyl (C=O) groups excluding carboxylic acids is 1. The Bertz CT molecular complexity index is 1230. The first-order chi connectivity index (χ1) is 14.2. The zero-order valence-electron chi connectivity index (χ0n) is 15.0. The number of H-pyrrole nitrogens is 1. The zero-order valence-corrected chi connectivity index (χ0v) is 16.5. The van der Waals surface area contributed by atoms with E-state index in [9.17, 15) is 18.0 Å². The number of nitrogens with zero attached hydrogens (tertiary/aromatic N) is 3. The highest BCUT2D eigenvalue weighted by Crippen LogP contribution is 2.33. The third-order valence-corrected chi connectivity index (χ3v) is 4.62. The summed E-state index contributed by atoms with van der Waals surface area (Å²) >= 11 is 3.01. The van der Waals surface area contributed by atoms with Gasteiger partial charge in [-0.1, -0.05) is 15.9 Å². The van der Waals surface area contributed by atoms with Gasteiger partial charge in [0.05, 0.1) is 5.56 Å². The minimum Gasteiger partial charge on any atom is -0.382 e. The van der Waals surface area contributed by atoms with Crippen LogP contribution in [0.1, 0.15) is 5.56 Å². The fourth-order valence-corrected chi connectivity index (χ4v) is 3.31. The number of fused-ring (bicyclic) bond motifs is 1. The molecule has 154 valence electrons. The number of nitrogens with two attached hydrogens (primary N) is 1. The number of halogens is 4. The van der Waals surface area contributed by atoms with Crippen LogP contribution in [0.4, 0.5) is 35.2 Å². The first kappa shape index (κ1) is 19.8. The highest BCUT2D eigenvalue weighted by atomic mass is 79.9. The van der Waals surface area contributed by atoms with Crippen LogP contribution in [0.2, 0.25) is 0 Å². The molecular formula is C18H13BrF3N7O. The van der Waals surface area contributed by atoms with Gasteiger partial charge in [-0.05, 0) is 42.5 Å². The van der Waals surface area contributed by atoms with Gasteiger partial charge in [0.25, 0.3) is 0 Å². The number of carbonyl (C=O) groups is 1. The number of alkyl halides is 3. The fourth-order valence-electron chi connectivity index (χ4n) is 2.82. The molecule has 2 heterocycles. The van der Waals surface area contributed by atoms with Gasteiger partial charge >= 0.3 is 12.2 Å².